The van der Waals surface area contributed by atoms with Gasteiger partial charge in [0.05, 0.1) is 34.0 Å². The number of carbonyl (C=O) groups excluding carboxylic acids is 2. The van der Waals surface area contributed by atoms with Gasteiger partial charge in [-0.15, -0.1) is 0 Å². The van der Waals surface area contributed by atoms with Crippen molar-refractivity contribution in [3.63, 3.8) is 0 Å². The van der Waals surface area contributed by atoms with Crippen LogP contribution in [0.4, 0.5) is 15.8 Å². The molecule has 0 unspecified atom stereocenters. The molecule has 5 rings (SSSR count). The van der Waals surface area contributed by atoms with Gasteiger partial charge in [0.1, 0.15) is 12.3 Å². The number of hydrogen-bond acceptors (Lipinski definition) is 7. The van der Waals surface area contributed by atoms with Crippen molar-refractivity contribution in [1.29, 1.82) is 0 Å². The number of hydrogen-bond donors (Lipinski definition) is 3. The number of ketones is 1. The Morgan fingerprint density at radius 1 is 1.26 bits per heavy atom. The maximum atomic E-state index is 15.5. The fourth-order valence-corrected chi connectivity index (χ4v) is 5.17. The van der Waals surface area contributed by atoms with E-state index >= 15 is 4.39 Å². The predicted molar refractivity (Wildman–Crippen MR) is 129 cm³/mol. The molecule has 3 heterocycles. The van der Waals surface area contributed by atoms with E-state index < -0.39 is 16.8 Å². The molecule has 1 amide bonds. The second kappa shape index (κ2) is 8.75. The van der Waals surface area contributed by atoms with E-state index in [-0.39, 0.29) is 45.5 Å². The number of benzene rings is 1. The molecule has 35 heavy (non-hydrogen) atoms. The first-order chi connectivity index (χ1) is 16.8. The number of fused-ring (bicyclic) bond motifs is 1. The Morgan fingerprint density at radius 3 is 2.71 bits per heavy atom. The van der Waals surface area contributed by atoms with Crippen molar-refractivity contribution >= 4 is 34.0 Å². The van der Waals surface area contributed by atoms with Crippen LogP contribution >= 0.6 is 0 Å². The summed E-state index contributed by atoms with van der Waals surface area (Å²) in [6.45, 7) is 2.29. The molecule has 3 aromatic rings. The minimum atomic E-state index is -0.793. The molecule has 0 saturated heterocycles. The number of rotatable bonds is 7. The first-order valence-corrected chi connectivity index (χ1v) is 11.7. The number of halogens is 1. The smallest absolute Gasteiger partial charge is 0.286 e. The Balaban J connectivity index is 1.48. The highest BCUT2D eigenvalue weighted by Crippen LogP contribution is 2.48. The van der Waals surface area contributed by atoms with Crippen molar-refractivity contribution in [2.75, 3.05) is 30.7 Å². The molecule has 1 spiro atoms. The van der Waals surface area contributed by atoms with Crippen LogP contribution in [0.2, 0.25) is 0 Å². The number of ether oxygens (including phenoxy) is 1. The average Bonchev–Trinajstić information content (AvgIpc) is 3.53. The Hall–Kier alpha value is -3.82. The second-order valence-electron chi connectivity index (χ2n) is 9.19. The molecular formula is C25H27FN4O5. The highest BCUT2D eigenvalue weighted by atomic mass is 19.1. The van der Waals surface area contributed by atoms with Gasteiger partial charge in [0.25, 0.3) is 5.91 Å². The van der Waals surface area contributed by atoms with Crippen LogP contribution in [0.3, 0.4) is 0 Å². The number of aromatic nitrogens is 1. The van der Waals surface area contributed by atoms with Gasteiger partial charge in [-0.1, -0.05) is 12.8 Å². The topological polar surface area (TPSA) is 129 Å². The molecule has 184 valence electrons. The zero-order chi connectivity index (χ0) is 24.7. The van der Waals surface area contributed by atoms with Gasteiger partial charge in [-0.3, -0.25) is 14.4 Å². The Bertz CT molecular complexity index is 1370. The number of amides is 1. The monoisotopic (exact) mass is 482 g/mol. The summed E-state index contributed by atoms with van der Waals surface area (Å²) in [6, 6.07) is 3.20. The molecular weight excluding hydrogens is 455 g/mol. The predicted octanol–water partition coefficient (Wildman–Crippen LogP) is 3.41. The third kappa shape index (κ3) is 3.73. The van der Waals surface area contributed by atoms with E-state index in [1.807, 2.05) is 4.57 Å². The molecule has 1 aromatic carbocycles. The Morgan fingerprint density at radius 2 is 2.03 bits per heavy atom. The molecule has 1 aliphatic heterocycles. The summed E-state index contributed by atoms with van der Waals surface area (Å²) in [5, 5.41) is 5.75. The molecule has 0 atom stereocenters. The van der Waals surface area contributed by atoms with Crippen LogP contribution in [-0.4, -0.2) is 36.0 Å². The number of nitrogens with one attached hydrogen (secondary N) is 2. The van der Waals surface area contributed by atoms with Gasteiger partial charge < -0.3 is 30.1 Å². The Labute approximate surface area is 200 Å². The van der Waals surface area contributed by atoms with Crippen LogP contribution in [0.5, 0.6) is 5.75 Å². The molecule has 1 aliphatic carbocycles. The number of carbonyl (C=O) groups is 2. The summed E-state index contributed by atoms with van der Waals surface area (Å²) in [5.74, 6) is -1.08. The molecule has 10 heteroatoms. The third-order valence-electron chi connectivity index (χ3n) is 6.97. The number of anilines is 2. The lowest BCUT2D eigenvalue weighted by Crippen LogP contribution is -2.42. The fraction of sp³-hybridized carbons (Fsp3) is 0.400. The summed E-state index contributed by atoms with van der Waals surface area (Å²) >= 11 is 0. The number of nitrogen functional groups attached to an aromatic ring is 1. The largest absolute Gasteiger partial charge is 0.487 e. The SMILES string of the molecule is CC(=O)c1cn2c3c(c(NCCCNC(=O)c4ccco4)c(F)c(N)c3c1=O)OCC21CCCC1. The van der Waals surface area contributed by atoms with E-state index in [0.29, 0.717) is 31.6 Å². The van der Waals surface area contributed by atoms with Crippen molar-refractivity contribution in [1.82, 2.24) is 9.88 Å². The molecule has 0 bridgehead atoms. The lowest BCUT2D eigenvalue weighted by molar-refractivity contribution is 0.0925. The number of pyridine rings is 1. The van der Waals surface area contributed by atoms with Crippen molar-refractivity contribution in [3.8, 4) is 5.75 Å². The lowest BCUT2D eigenvalue weighted by Gasteiger charge is -2.39. The van der Waals surface area contributed by atoms with E-state index in [1.165, 1.54) is 13.2 Å². The zero-order valence-electron chi connectivity index (χ0n) is 19.4. The molecule has 0 radical (unpaired) electrons. The van der Waals surface area contributed by atoms with Crippen molar-refractivity contribution in [3.05, 3.63) is 52.0 Å². The fourth-order valence-electron chi connectivity index (χ4n) is 5.17. The lowest BCUT2D eigenvalue weighted by atomic mass is 9.93. The molecule has 2 aromatic heterocycles. The van der Waals surface area contributed by atoms with E-state index in [4.69, 9.17) is 14.9 Å². The summed E-state index contributed by atoms with van der Waals surface area (Å²) in [7, 11) is 0. The van der Waals surface area contributed by atoms with Gasteiger partial charge >= 0.3 is 0 Å². The van der Waals surface area contributed by atoms with E-state index in [9.17, 15) is 14.4 Å². The molecule has 1 fully saturated rings. The van der Waals surface area contributed by atoms with Gasteiger partial charge in [0.15, 0.2) is 23.1 Å². The summed E-state index contributed by atoms with van der Waals surface area (Å²) < 4.78 is 28.6. The van der Waals surface area contributed by atoms with Crippen LogP contribution in [0.1, 0.15) is 59.9 Å². The van der Waals surface area contributed by atoms with Gasteiger partial charge in [-0.05, 0) is 38.3 Å². The number of nitrogens with two attached hydrogens (primary N) is 1. The quantitative estimate of drug-likeness (QED) is 0.267. The summed E-state index contributed by atoms with van der Waals surface area (Å²) in [6.07, 6.45) is 7.15. The van der Waals surface area contributed by atoms with Gasteiger partial charge in [-0.25, -0.2) is 4.39 Å². The number of Topliss-reactive ketones (excluding diaryl/α,β-unsaturated/α-hetero) is 1. The first-order valence-electron chi connectivity index (χ1n) is 11.7. The first kappa shape index (κ1) is 22.9. The average molecular weight is 483 g/mol. The van der Waals surface area contributed by atoms with Gasteiger partial charge in [0.2, 0.25) is 5.43 Å². The van der Waals surface area contributed by atoms with Crippen LogP contribution in [-0.2, 0) is 5.54 Å². The van der Waals surface area contributed by atoms with E-state index in [1.54, 1.807) is 18.3 Å². The highest BCUT2D eigenvalue weighted by molar-refractivity contribution is 6.04. The van der Waals surface area contributed by atoms with E-state index in [0.717, 1.165) is 25.7 Å². The maximum Gasteiger partial charge on any atom is 0.286 e. The third-order valence-corrected chi connectivity index (χ3v) is 6.97. The standard InChI is InChI=1S/C25H27FN4O5/c1-14(31)15-12-30-21-17(22(15)32)19(27)18(26)20(23(21)35-13-25(30)7-2-3-8-25)28-9-5-10-29-24(33)16-6-4-11-34-16/h4,6,11-12,28H,2-3,5,7-10,13,27H2,1H3,(H,29,33). The van der Waals surface area contributed by atoms with Crippen LogP contribution < -0.4 is 26.5 Å². The van der Waals surface area contributed by atoms with Crippen molar-refractivity contribution < 1.29 is 23.1 Å². The summed E-state index contributed by atoms with van der Waals surface area (Å²) in [5.41, 5.74) is 5.34. The number of nitrogens with zero attached hydrogens (tertiary/aromatic N) is 1. The maximum absolute atomic E-state index is 15.5. The minimum absolute atomic E-state index is 0.00395. The van der Waals surface area contributed by atoms with Crippen molar-refractivity contribution in [2.24, 2.45) is 0 Å². The summed E-state index contributed by atoms with van der Waals surface area (Å²) in [4.78, 5) is 37.4. The molecule has 2 aliphatic rings. The van der Waals surface area contributed by atoms with Crippen LogP contribution in [0.15, 0.2) is 33.8 Å². The Kier molecular flexibility index (Phi) is 5.74. The molecule has 4 N–H and O–H groups in total. The minimum Gasteiger partial charge on any atom is -0.487 e. The van der Waals surface area contributed by atoms with Crippen molar-refractivity contribution in [2.45, 2.75) is 44.6 Å². The second-order valence-corrected chi connectivity index (χ2v) is 9.19. The van der Waals surface area contributed by atoms with Crippen LogP contribution in [0, 0.1) is 5.82 Å². The zero-order valence-corrected chi connectivity index (χ0v) is 19.4. The normalized spacial score (nSPS) is 15.8. The van der Waals surface area contributed by atoms with Crippen LogP contribution in [0.25, 0.3) is 10.9 Å². The molecule has 1 saturated carbocycles. The highest BCUT2D eigenvalue weighted by Gasteiger charge is 2.42. The van der Waals surface area contributed by atoms with Gasteiger partial charge in [0, 0.05) is 19.3 Å². The van der Waals surface area contributed by atoms with Gasteiger partial charge in [-0.2, -0.15) is 0 Å². The number of furan rings is 1. The van der Waals surface area contributed by atoms with E-state index in [2.05, 4.69) is 10.6 Å². The molecule has 9 nitrogen and oxygen atoms in total.